The highest BCUT2D eigenvalue weighted by Crippen LogP contribution is 2.17. The Hall–Kier alpha value is -1.89. The van der Waals surface area contributed by atoms with Gasteiger partial charge in [0.15, 0.2) is 5.16 Å². The second-order valence-corrected chi connectivity index (χ2v) is 4.99. The maximum atomic E-state index is 13.5. The summed E-state index contributed by atoms with van der Waals surface area (Å²) >= 11 is 1.24. The number of amides is 1. The summed E-state index contributed by atoms with van der Waals surface area (Å²) in [7, 11) is 1.79. The van der Waals surface area contributed by atoms with Gasteiger partial charge in [0, 0.05) is 7.05 Å². The zero-order chi connectivity index (χ0) is 13.8. The van der Waals surface area contributed by atoms with Crippen LogP contribution in [0.3, 0.4) is 0 Å². The fourth-order valence-electron chi connectivity index (χ4n) is 1.44. The third kappa shape index (κ3) is 3.54. The summed E-state index contributed by atoms with van der Waals surface area (Å²) in [6, 6.07) is 4.68. The monoisotopic (exact) mass is 280 g/mol. The first kappa shape index (κ1) is 13.5. The number of nitrogens with zero attached hydrogens (tertiary/aromatic N) is 3. The van der Waals surface area contributed by atoms with Crippen molar-refractivity contribution in [3.8, 4) is 0 Å². The fraction of sp³-hybridized carbons (Fsp3) is 0.250. The predicted molar refractivity (Wildman–Crippen MR) is 71.5 cm³/mol. The quantitative estimate of drug-likeness (QED) is 0.870. The Morgan fingerprint density at radius 2 is 2.32 bits per heavy atom. The van der Waals surface area contributed by atoms with Crippen molar-refractivity contribution in [1.82, 2.24) is 14.8 Å². The Labute approximate surface area is 114 Å². The molecule has 1 heterocycles. The number of nitrogens with one attached hydrogen (secondary N) is 1. The Morgan fingerprint density at radius 1 is 1.53 bits per heavy atom. The van der Waals surface area contributed by atoms with Crippen LogP contribution in [0.15, 0.2) is 29.7 Å². The van der Waals surface area contributed by atoms with Crippen molar-refractivity contribution < 1.29 is 9.18 Å². The molecule has 2 rings (SSSR count). The Balaban J connectivity index is 1.93. The maximum absolute atomic E-state index is 13.5. The van der Waals surface area contributed by atoms with E-state index >= 15 is 0 Å². The largest absolute Gasteiger partial charge is 0.323 e. The number of aromatic nitrogens is 3. The van der Waals surface area contributed by atoms with Gasteiger partial charge in [0.25, 0.3) is 0 Å². The molecule has 100 valence electrons. The summed E-state index contributed by atoms with van der Waals surface area (Å²) in [6.45, 7) is 1.79. The molecule has 2 aromatic rings. The van der Waals surface area contributed by atoms with Gasteiger partial charge in [0.1, 0.15) is 12.1 Å². The lowest BCUT2D eigenvalue weighted by Crippen LogP contribution is -2.15. The predicted octanol–water partition coefficient (Wildman–Crippen LogP) is 1.99. The minimum absolute atomic E-state index is 0.153. The van der Waals surface area contributed by atoms with E-state index in [1.165, 1.54) is 17.8 Å². The van der Waals surface area contributed by atoms with Crippen LogP contribution >= 0.6 is 11.8 Å². The van der Waals surface area contributed by atoms with Gasteiger partial charge in [-0.25, -0.2) is 4.39 Å². The molecule has 0 bridgehead atoms. The Morgan fingerprint density at radius 3 is 2.95 bits per heavy atom. The minimum atomic E-state index is -0.433. The Kier molecular flexibility index (Phi) is 4.16. The van der Waals surface area contributed by atoms with Crippen LogP contribution in [0.4, 0.5) is 10.1 Å². The van der Waals surface area contributed by atoms with Gasteiger partial charge in [-0.15, -0.1) is 10.2 Å². The van der Waals surface area contributed by atoms with Crippen molar-refractivity contribution >= 4 is 23.4 Å². The van der Waals surface area contributed by atoms with Crippen molar-refractivity contribution in [2.45, 2.75) is 12.1 Å². The van der Waals surface area contributed by atoms with Crippen molar-refractivity contribution in [3.63, 3.8) is 0 Å². The van der Waals surface area contributed by atoms with E-state index in [1.54, 1.807) is 37.0 Å². The first-order valence-electron chi connectivity index (χ1n) is 5.59. The smallest absolute Gasteiger partial charge is 0.234 e. The molecule has 0 unspecified atom stereocenters. The summed E-state index contributed by atoms with van der Waals surface area (Å²) < 4.78 is 15.3. The molecule has 0 radical (unpaired) electrons. The highest BCUT2D eigenvalue weighted by atomic mass is 32.2. The molecule has 1 aromatic heterocycles. The van der Waals surface area contributed by atoms with Crippen molar-refractivity contribution in [3.05, 3.63) is 35.9 Å². The summed E-state index contributed by atoms with van der Waals surface area (Å²) in [4.78, 5) is 11.7. The molecule has 0 saturated carbocycles. The average Bonchev–Trinajstić information content (AvgIpc) is 2.76. The lowest BCUT2D eigenvalue weighted by atomic mass is 10.2. The number of carbonyl (C=O) groups excluding carboxylic acids is 1. The SMILES string of the molecule is Cc1ccc(NC(=O)CSc2nncn2C)c(F)c1. The van der Waals surface area contributed by atoms with Gasteiger partial charge in [-0.2, -0.15) is 0 Å². The summed E-state index contributed by atoms with van der Waals surface area (Å²) in [6.07, 6.45) is 1.56. The molecule has 0 saturated heterocycles. The van der Waals surface area contributed by atoms with Crippen LogP contribution < -0.4 is 5.32 Å². The van der Waals surface area contributed by atoms with E-state index in [0.717, 1.165) is 5.56 Å². The summed E-state index contributed by atoms with van der Waals surface area (Å²) in [5.74, 6) is -0.562. The van der Waals surface area contributed by atoms with Crippen LogP contribution in [0.5, 0.6) is 0 Å². The number of rotatable bonds is 4. The van der Waals surface area contributed by atoms with Crippen LogP contribution in [0, 0.1) is 12.7 Å². The number of anilines is 1. The van der Waals surface area contributed by atoms with E-state index in [4.69, 9.17) is 0 Å². The molecule has 0 aliphatic carbocycles. The van der Waals surface area contributed by atoms with Crippen LogP contribution in [-0.4, -0.2) is 26.4 Å². The first-order valence-corrected chi connectivity index (χ1v) is 6.57. The van der Waals surface area contributed by atoms with Crippen molar-refractivity contribution in [2.24, 2.45) is 7.05 Å². The van der Waals surface area contributed by atoms with Gasteiger partial charge in [-0.05, 0) is 24.6 Å². The molecule has 5 nitrogen and oxygen atoms in total. The van der Waals surface area contributed by atoms with Gasteiger partial charge in [0.05, 0.1) is 11.4 Å². The second kappa shape index (κ2) is 5.83. The number of halogens is 1. The molecule has 1 aromatic carbocycles. The molecule has 19 heavy (non-hydrogen) atoms. The molecular formula is C12H13FN4OS. The average molecular weight is 280 g/mol. The molecule has 0 aliphatic rings. The molecule has 7 heteroatoms. The first-order chi connectivity index (χ1) is 9.06. The van der Waals surface area contributed by atoms with Crippen LogP contribution in [0.2, 0.25) is 0 Å². The third-order valence-corrected chi connectivity index (χ3v) is 3.44. The van der Waals surface area contributed by atoms with Crippen LogP contribution in [0.25, 0.3) is 0 Å². The summed E-state index contributed by atoms with van der Waals surface area (Å²) in [5.41, 5.74) is 0.998. The maximum Gasteiger partial charge on any atom is 0.234 e. The minimum Gasteiger partial charge on any atom is -0.323 e. The molecule has 1 N–H and O–H groups in total. The van der Waals surface area contributed by atoms with Gasteiger partial charge in [0.2, 0.25) is 5.91 Å². The van der Waals surface area contributed by atoms with E-state index in [1.807, 2.05) is 0 Å². The molecule has 0 spiro atoms. The molecular weight excluding hydrogens is 267 g/mol. The van der Waals surface area contributed by atoms with Gasteiger partial charge in [-0.3, -0.25) is 4.79 Å². The summed E-state index contributed by atoms with van der Waals surface area (Å²) in [5, 5.41) is 10.7. The molecule has 0 aliphatic heterocycles. The topological polar surface area (TPSA) is 59.8 Å². The number of thioether (sulfide) groups is 1. The number of hydrogen-bond acceptors (Lipinski definition) is 4. The standard InChI is InChI=1S/C12H13FN4OS/c1-8-3-4-10(9(13)5-8)15-11(18)6-19-12-16-14-7-17(12)2/h3-5,7H,6H2,1-2H3,(H,15,18). The van der Waals surface area contributed by atoms with Crippen molar-refractivity contribution in [2.75, 3.05) is 11.1 Å². The van der Waals surface area contributed by atoms with Gasteiger partial charge in [-0.1, -0.05) is 17.8 Å². The number of aryl methyl sites for hydroxylation is 2. The zero-order valence-electron chi connectivity index (χ0n) is 10.6. The molecule has 1 amide bonds. The third-order valence-electron chi connectivity index (χ3n) is 2.40. The normalized spacial score (nSPS) is 10.5. The zero-order valence-corrected chi connectivity index (χ0v) is 11.4. The van der Waals surface area contributed by atoms with Gasteiger partial charge >= 0.3 is 0 Å². The highest BCUT2D eigenvalue weighted by molar-refractivity contribution is 7.99. The Bertz CT molecular complexity index is 599. The lowest BCUT2D eigenvalue weighted by molar-refractivity contribution is -0.113. The lowest BCUT2D eigenvalue weighted by Gasteiger charge is -2.06. The van der Waals surface area contributed by atoms with E-state index in [0.29, 0.717) is 5.16 Å². The van der Waals surface area contributed by atoms with E-state index in [2.05, 4.69) is 15.5 Å². The van der Waals surface area contributed by atoms with Crippen molar-refractivity contribution in [1.29, 1.82) is 0 Å². The van der Waals surface area contributed by atoms with Crippen LogP contribution in [-0.2, 0) is 11.8 Å². The number of benzene rings is 1. The van der Waals surface area contributed by atoms with E-state index in [-0.39, 0.29) is 17.3 Å². The number of carbonyl (C=O) groups is 1. The van der Waals surface area contributed by atoms with E-state index < -0.39 is 5.82 Å². The van der Waals surface area contributed by atoms with Crippen LogP contribution in [0.1, 0.15) is 5.56 Å². The second-order valence-electron chi connectivity index (χ2n) is 4.04. The molecule has 0 fully saturated rings. The van der Waals surface area contributed by atoms with Gasteiger partial charge < -0.3 is 9.88 Å². The highest BCUT2D eigenvalue weighted by Gasteiger charge is 2.09. The van der Waals surface area contributed by atoms with E-state index in [9.17, 15) is 9.18 Å². The number of hydrogen-bond donors (Lipinski definition) is 1. The fourth-order valence-corrected chi connectivity index (χ4v) is 2.13. The molecule has 0 atom stereocenters.